The molecule has 100 valence electrons. The Morgan fingerprint density at radius 3 is 2.55 bits per heavy atom. The predicted molar refractivity (Wildman–Crippen MR) is 93.9 cm³/mol. The quantitative estimate of drug-likeness (QED) is 0.460. The largest absolute Gasteiger partial charge is 0.128 e. The maximum Gasteiger partial charge on any atom is 0.0423 e. The van der Waals surface area contributed by atoms with Gasteiger partial charge in [0, 0.05) is 14.4 Å². The van der Waals surface area contributed by atoms with Crippen LogP contribution in [0.5, 0.6) is 0 Å². The smallest absolute Gasteiger partial charge is 0.0423 e. The Morgan fingerprint density at radius 2 is 1.80 bits per heavy atom. The van der Waals surface area contributed by atoms with Crippen LogP contribution in [-0.4, -0.2) is 6.26 Å². The van der Waals surface area contributed by atoms with Crippen molar-refractivity contribution in [2.24, 2.45) is 0 Å². The molecule has 0 N–H and O–H groups in total. The Kier molecular flexibility index (Phi) is 4.06. The van der Waals surface area contributed by atoms with Crippen LogP contribution in [0.25, 0.3) is 21.9 Å². The van der Waals surface area contributed by atoms with Crippen molar-refractivity contribution in [1.29, 1.82) is 0 Å². The van der Waals surface area contributed by atoms with E-state index in [0.29, 0.717) is 0 Å². The van der Waals surface area contributed by atoms with Crippen LogP contribution in [-0.2, 0) is 0 Å². The molecule has 0 aromatic heterocycles. The molecule has 0 amide bonds. The van der Waals surface area contributed by atoms with Crippen molar-refractivity contribution < 1.29 is 0 Å². The fourth-order valence-electron chi connectivity index (χ4n) is 2.40. The van der Waals surface area contributed by atoms with Crippen LogP contribution < -0.4 is 0 Å². The van der Waals surface area contributed by atoms with Crippen LogP contribution in [0, 0.1) is 0 Å². The van der Waals surface area contributed by atoms with Gasteiger partial charge in [0.2, 0.25) is 0 Å². The van der Waals surface area contributed by atoms with E-state index in [1.165, 1.54) is 21.2 Å². The highest BCUT2D eigenvalue weighted by Crippen LogP contribution is 2.38. The van der Waals surface area contributed by atoms with Gasteiger partial charge >= 0.3 is 0 Å². The lowest BCUT2D eigenvalue weighted by Crippen LogP contribution is -1.85. The van der Waals surface area contributed by atoms with Crippen LogP contribution in [0.2, 0.25) is 5.02 Å². The summed E-state index contributed by atoms with van der Waals surface area (Å²) in [5, 5.41) is 3.30. The van der Waals surface area contributed by atoms with Crippen molar-refractivity contribution in [1.82, 2.24) is 0 Å². The number of fused-ring (bicyclic) bond motifs is 1. The van der Waals surface area contributed by atoms with Gasteiger partial charge in [-0.1, -0.05) is 63.9 Å². The second-order valence-corrected chi connectivity index (χ2v) is 6.69. The molecule has 0 aliphatic rings. The highest BCUT2D eigenvalue weighted by atomic mass is 79.9. The van der Waals surface area contributed by atoms with Crippen molar-refractivity contribution in [2.45, 2.75) is 4.90 Å². The molecule has 0 aliphatic heterocycles. The third-order valence-electron chi connectivity index (χ3n) is 3.26. The van der Waals surface area contributed by atoms with Crippen LogP contribution in [0.4, 0.5) is 0 Å². The molecule has 0 fully saturated rings. The number of hydrogen-bond donors (Lipinski definition) is 0. The van der Waals surface area contributed by atoms with E-state index in [1.54, 1.807) is 11.8 Å². The van der Waals surface area contributed by atoms with E-state index in [-0.39, 0.29) is 0 Å². The first-order chi connectivity index (χ1) is 9.69. The minimum atomic E-state index is 0.745. The van der Waals surface area contributed by atoms with Crippen molar-refractivity contribution in [3.05, 3.63) is 64.1 Å². The molecule has 0 atom stereocenters. The lowest BCUT2D eigenvalue weighted by Gasteiger charge is -2.12. The SMILES string of the molecule is CSc1c(-c2cc(Cl)cc(Br)c2)ccc2ccccc12. The van der Waals surface area contributed by atoms with E-state index in [1.807, 2.05) is 12.1 Å². The number of hydrogen-bond acceptors (Lipinski definition) is 1. The summed E-state index contributed by atoms with van der Waals surface area (Å²) in [5.41, 5.74) is 2.36. The molecule has 0 aliphatic carbocycles. The monoisotopic (exact) mass is 362 g/mol. The lowest BCUT2D eigenvalue weighted by molar-refractivity contribution is 1.50. The van der Waals surface area contributed by atoms with Gasteiger partial charge in [0.1, 0.15) is 0 Å². The van der Waals surface area contributed by atoms with E-state index in [9.17, 15) is 0 Å². The zero-order valence-corrected chi connectivity index (χ0v) is 14.0. The maximum absolute atomic E-state index is 6.18. The van der Waals surface area contributed by atoms with Crippen molar-refractivity contribution in [3.63, 3.8) is 0 Å². The first kappa shape index (κ1) is 14.0. The molecule has 0 nitrogen and oxygen atoms in total. The summed E-state index contributed by atoms with van der Waals surface area (Å²) < 4.78 is 1.00. The second kappa shape index (κ2) is 5.80. The molecule has 0 unspecified atom stereocenters. The second-order valence-electron chi connectivity index (χ2n) is 4.53. The van der Waals surface area contributed by atoms with Crippen LogP contribution in [0.3, 0.4) is 0 Å². The first-order valence-corrected chi connectivity index (χ1v) is 8.61. The minimum Gasteiger partial charge on any atom is -0.128 e. The van der Waals surface area contributed by atoms with Gasteiger partial charge in [-0.3, -0.25) is 0 Å². The fourth-order valence-corrected chi connectivity index (χ4v) is 4.07. The van der Waals surface area contributed by atoms with E-state index in [0.717, 1.165) is 15.1 Å². The number of thioether (sulfide) groups is 1. The molecule has 0 heterocycles. The average Bonchev–Trinajstić information content (AvgIpc) is 2.45. The number of rotatable bonds is 2. The predicted octanol–water partition coefficient (Wildman–Crippen LogP) is 6.64. The molecule has 0 bridgehead atoms. The van der Waals surface area contributed by atoms with E-state index in [2.05, 4.69) is 64.7 Å². The Bertz CT molecular complexity index is 763. The van der Waals surface area contributed by atoms with Crippen LogP contribution in [0.15, 0.2) is 64.0 Å². The highest BCUT2D eigenvalue weighted by molar-refractivity contribution is 9.10. The summed E-state index contributed by atoms with van der Waals surface area (Å²) in [6, 6.07) is 18.8. The zero-order chi connectivity index (χ0) is 14.1. The molecule has 3 rings (SSSR count). The van der Waals surface area contributed by atoms with E-state index < -0.39 is 0 Å². The van der Waals surface area contributed by atoms with Gasteiger partial charge in [-0.05, 0) is 46.4 Å². The molecular formula is C17H12BrClS. The number of halogens is 2. The Balaban J connectivity index is 2.30. The normalized spacial score (nSPS) is 10.9. The fraction of sp³-hybridized carbons (Fsp3) is 0.0588. The van der Waals surface area contributed by atoms with Crippen molar-refractivity contribution in [2.75, 3.05) is 6.26 Å². The highest BCUT2D eigenvalue weighted by Gasteiger charge is 2.09. The van der Waals surface area contributed by atoms with Gasteiger partial charge in [-0.2, -0.15) is 0 Å². The first-order valence-electron chi connectivity index (χ1n) is 6.21. The van der Waals surface area contributed by atoms with Crippen molar-refractivity contribution >= 4 is 50.1 Å². The van der Waals surface area contributed by atoms with Gasteiger partial charge in [-0.15, -0.1) is 11.8 Å². The molecule has 20 heavy (non-hydrogen) atoms. The minimum absolute atomic E-state index is 0.745. The van der Waals surface area contributed by atoms with Gasteiger partial charge in [0.15, 0.2) is 0 Å². The van der Waals surface area contributed by atoms with Crippen LogP contribution in [0.1, 0.15) is 0 Å². The van der Waals surface area contributed by atoms with Gasteiger partial charge < -0.3 is 0 Å². The third-order valence-corrected chi connectivity index (χ3v) is 4.78. The summed E-state index contributed by atoms with van der Waals surface area (Å²) in [6.07, 6.45) is 2.12. The topological polar surface area (TPSA) is 0 Å². The summed E-state index contributed by atoms with van der Waals surface area (Å²) in [4.78, 5) is 1.29. The van der Waals surface area contributed by atoms with Gasteiger partial charge in [-0.25, -0.2) is 0 Å². The van der Waals surface area contributed by atoms with Gasteiger partial charge in [0.25, 0.3) is 0 Å². The molecular weight excluding hydrogens is 352 g/mol. The molecule has 3 aromatic carbocycles. The number of benzene rings is 3. The molecule has 0 saturated heterocycles. The summed E-state index contributed by atoms with van der Waals surface area (Å²) in [5.74, 6) is 0. The van der Waals surface area contributed by atoms with Gasteiger partial charge in [0.05, 0.1) is 0 Å². The average molecular weight is 364 g/mol. The van der Waals surface area contributed by atoms with E-state index >= 15 is 0 Å². The third kappa shape index (κ3) is 2.60. The van der Waals surface area contributed by atoms with Crippen LogP contribution >= 0.6 is 39.3 Å². The van der Waals surface area contributed by atoms with E-state index in [4.69, 9.17) is 11.6 Å². The Hall–Kier alpha value is -0.960. The Morgan fingerprint density at radius 1 is 1.00 bits per heavy atom. The maximum atomic E-state index is 6.18. The zero-order valence-electron chi connectivity index (χ0n) is 10.9. The summed E-state index contributed by atoms with van der Waals surface area (Å²) >= 11 is 11.5. The lowest BCUT2D eigenvalue weighted by atomic mass is 10.0. The molecule has 3 aromatic rings. The van der Waals surface area contributed by atoms with Crippen molar-refractivity contribution in [3.8, 4) is 11.1 Å². The molecule has 0 saturated carbocycles. The summed E-state index contributed by atoms with van der Waals surface area (Å²) in [6.45, 7) is 0. The molecule has 0 radical (unpaired) electrons. The molecule has 3 heteroatoms. The Labute approximate surface area is 136 Å². The molecule has 0 spiro atoms. The summed E-state index contributed by atoms with van der Waals surface area (Å²) in [7, 11) is 0. The standard InChI is InChI=1S/C17H12BrClS/c1-20-17-15-5-3-2-4-11(15)6-7-16(17)12-8-13(18)10-14(19)9-12/h2-10H,1H3.